The summed E-state index contributed by atoms with van der Waals surface area (Å²) in [6.07, 6.45) is 4.29. The lowest BCUT2D eigenvalue weighted by atomic mass is 9.89. The van der Waals surface area contributed by atoms with Gasteiger partial charge in [-0.15, -0.1) is 0 Å². The third-order valence-corrected chi connectivity index (χ3v) is 6.11. The van der Waals surface area contributed by atoms with Crippen molar-refractivity contribution in [3.63, 3.8) is 0 Å². The highest BCUT2D eigenvalue weighted by Crippen LogP contribution is 2.28. The summed E-state index contributed by atoms with van der Waals surface area (Å²) < 4.78 is 23.4. The van der Waals surface area contributed by atoms with Gasteiger partial charge in [0.05, 0.1) is 23.7 Å². The van der Waals surface area contributed by atoms with Gasteiger partial charge in [0.15, 0.2) is 9.84 Å². The molecule has 6 heteroatoms. The largest absolute Gasteiger partial charge is 0.390 e. The molecule has 2 rings (SSSR count). The number of nitrogens with zero attached hydrogens (tertiary/aromatic N) is 1. The molecule has 5 nitrogen and oxygen atoms in total. The molecule has 0 spiro atoms. The van der Waals surface area contributed by atoms with Gasteiger partial charge in [0.2, 0.25) is 0 Å². The summed E-state index contributed by atoms with van der Waals surface area (Å²) in [7, 11) is -3.07. The van der Waals surface area contributed by atoms with Crippen LogP contribution in [-0.2, 0) is 9.84 Å². The Labute approximate surface area is 116 Å². The summed E-state index contributed by atoms with van der Waals surface area (Å²) in [5.74, 6) is 0.0286. The molecule has 0 aromatic heterocycles. The average Bonchev–Trinajstić information content (AvgIpc) is 2.61. The third-order valence-electron chi connectivity index (χ3n) is 4.41. The normalized spacial score (nSPS) is 38.7. The molecule has 1 heterocycles. The quantitative estimate of drug-likeness (QED) is 0.769. The molecular weight excluding hydrogens is 264 g/mol. The van der Waals surface area contributed by atoms with Gasteiger partial charge in [0.25, 0.3) is 0 Å². The zero-order valence-corrected chi connectivity index (χ0v) is 12.5. The Morgan fingerprint density at radius 3 is 2.32 bits per heavy atom. The number of hydrogen-bond acceptors (Lipinski definition) is 5. The second kappa shape index (κ2) is 6.08. The SMILES string of the molecule is CCCN(C1CCC(N)CC1)C1CS(=O)(=O)CC1O. The fourth-order valence-electron chi connectivity index (χ4n) is 3.44. The maximum atomic E-state index is 11.7. The Morgan fingerprint density at radius 1 is 1.21 bits per heavy atom. The van der Waals surface area contributed by atoms with Crippen molar-refractivity contribution in [1.82, 2.24) is 4.90 Å². The lowest BCUT2D eigenvalue weighted by Crippen LogP contribution is -2.51. The number of sulfone groups is 1. The number of hydrogen-bond donors (Lipinski definition) is 2. The average molecular weight is 290 g/mol. The van der Waals surface area contributed by atoms with Crippen molar-refractivity contribution in [1.29, 1.82) is 0 Å². The van der Waals surface area contributed by atoms with E-state index in [4.69, 9.17) is 5.73 Å². The molecule has 1 saturated heterocycles. The van der Waals surface area contributed by atoms with E-state index in [0.29, 0.717) is 6.04 Å². The molecule has 112 valence electrons. The summed E-state index contributed by atoms with van der Waals surface area (Å²) in [4.78, 5) is 2.24. The van der Waals surface area contributed by atoms with Gasteiger partial charge in [-0.25, -0.2) is 8.42 Å². The van der Waals surface area contributed by atoms with E-state index in [2.05, 4.69) is 11.8 Å². The molecule has 1 aliphatic carbocycles. The molecule has 0 aromatic carbocycles. The van der Waals surface area contributed by atoms with Crippen LogP contribution in [0.1, 0.15) is 39.0 Å². The molecule has 2 unspecified atom stereocenters. The lowest BCUT2D eigenvalue weighted by Gasteiger charge is -2.40. The lowest BCUT2D eigenvalue weighted by molar-refractivity contribution is 0.0390. The van der Waals surface area contributed by atoms with Crippen molar-refractivity contribution >= 4 is 9.84 Å². The van der Waals surface area contributed by atoms with Crippen molar-refractivity contribution in [3.8, 4) is 0 Å². The number of rotatable bonds is 4. The van der Waals surface area contributed by atoms with Crippen LogP contribution in [0.4, 0.5) is 0 Å². The predicted molar refractivity (Wildman–Crippen MR) is 75.7 cm³/mol. The van der Waals surface area contributed by atoms with Crippen LogP contribution in [0.5, 0.6) is 0 Å². The van der Waals surface area contributed by atoms with Gasteiger partial charge in [-0.3, -0.25) is 4.90 Å². The van der Waals surface area contributed by atoms with Crippen LogP contribution in [0.2, 0.25) is 0 Å². The monoisotopic (exact) mass is 290 g/mol. The van der Waals surface area contributed by atoms with Crippen LogP contribution in [0, 0.1) is 0 Å². The van der Waals surface area contributed by atoms with E-state index in [1.165, 1.54) is 0 Å². The zero-order chi connectivity index (χ0) is 14.0. The summed E-state index contributed by atoms with van der Waals surface area (Å²) in [5, 5.41) is 10.1. The molecule has 19 heavy (non-hydrogen) atoms. The Bertz CT molecular complexity index is 391. The van der Waals surface area contributed by atoms with Gasteiger partial charge in [-0.1, -0.05) is 6.92 Å². The van der Waals surface area contributed by atoms with Gasteiger partial charge >= 0.3 is 0 Å². The van der Waals surface area contributed by atoms with E-state index < -0.39 is 15.9 Å². The minimum Gasteiger partial charge on any atom is -0.390 e. The highest BCUT2D eigenvalue weighted by molar-refractivity contribution is 7.91. The van der Waals surface area contributed by atoms with E-state index in [-0.39, 0.29) is 23.6 Å². The van der Waals surface area contributed by atoms with Crippen molar-refractivity contribution in [2.24, 2.45) is 5.73 Å². The topological polar surface area (TPSA) is 83.6 Å². The van der Waals surface area contributed by atoms with Gasteiger partial charge in [-0.2, -0.15) is 0 Å². The molecule has 1 aliphatic heterocycles. The van der Waals surface area contributed by atoms with E-state index >= 15 is 0 Å². The van der Waals surface area contributed by atoms with Crippen LogP contribution in [0.25, 0.3) is 0 Å². The minimum absolute atomic E-state index is 0.0793. The van der Waals surface area contributed by atoms with Crippen LogP contribution < -0.4 is 5.73 Å². The van der Waals surface area contributed by atoms with Crippen LogP contribution in [-0.4, -0.2) is 60.7 Å². The zero-order valence-electron chi connectivity index (χ0n) is 11.7. The Morgan fingerprint density at radius 2 is 1.84 bits per heavy atom. The van der Waals surface area contributed by atoms with Crippen molar-refractivity contribution in [2.75, 3.05) is 18.1 Å². The third kappa shape index (κ3) is 3.68. The summed E-state index contributed by atoms with van der Waals surface area (Å²) >= 11 is 0. The van der Waals surface area contributed by atoms with E-state index in [1.807, 2.05) is 0 Å². The van der Waals surface area contributed by atoms with Gasteiger partial charge in [-0.05, 0) is 38.6 Å². The van der Waals surface area contributed by atoms with Gasteiger partial charge in [0, 0.05) is 12.1 Å². The molecular formula is C13H26N2O3S. The molecule has 0 radical (unpaired) electrons. The van der Waals surface area contributed by atoms with Crippen molar-refractivity contribution in [3.05, 3.63) is 0 Å². The first-order chi connectivity index (χ1) is 8.93. The van der Waals surface area contributed by atoms with E-state index in [9.17, 15) is 13.5 Å². The smallest absolute Gasteiger partial charge is 0.154 e. The number of aliphatic hydroxyl groups excluding tert-OH is 1. The van der Waals surface area contributed by atoms with E-state index in [1.54, 1.807) is 0 Å². The molecule has 0 amide bonds. The van der Waals surface area contributed by atoms with Crippen LogP contribution in [0.15, 0.2) is 0 Å². The predicted octanol–water partition coefficient (Wildman–Crippen LogP) is 0.126. The molecule has 0 bridgehead atoms. The summed E-state index contributed by atoms with van der Waals surface area (Å²) in [6.45, 7) is 2.95. The summed E-state index contributed by atoms with van der Waals surface area (Å²) in [6, 6.07) is 0.453. The fraction of sp³-hybridized carbons (Fsp3) is 1.00. The fourth-order valence-corrected chi connectivity index (χ4v) is 5.25. The van der Waals surface area contributed by atoms with Crippen LogP contribution in [0.3, 0.4) is 0 Å². The van der Waals surface area contributed by atoms with Crippen molar-refractivity contribution in [2.45, 2.75) is 63.3 Å². The number of aliphatic hydroxyl groups is 1. The molecule has 3 N–H and O–H groups in total. The maximum absolute atomic E-state index is 11.7. The summed E-state index contributed by atoms with van der Waals surface area (Å²) in [5.41, 5.74) is 5.93. The van der Waals surface area contributed by atoms with Gasteiger partial charge < -0.3 is 10.8 Å². The Kier molecular flexibility index (Phi) is 4.87. The minimum atomic E-state index is -3.07. The molecule has 0 aromatic rings. The van der Waals surface area contributed by atoms with Gasteiger partial charge in [0.1, 0.15) is 0 Å². The first-order valence-corrected chi connectivity index (χ1v) is 9.15. The highest BCUT2D eigenvalue weighted by atomic mass is 32.2. The first kappa shape index (κ1) is 15.2. The highest BCUT2D eigenvalue weighted by Gasteiger charge is 2.42. The maximum Gasteiger partial charge on any atom is 0.154 e. The van der Waals surface area contributed by atoms with Crippen molar-refractivity contribution < 1.29 is 13.5 Å². The second-order valence-corrected chi connectivity index (χ2v) is 8.17. The van der Waals surface area contributed by atoms with E-state index in [0.717, 1.165) is 38.6 Å². The Hall–Kier alpha value is -0.170. The molecule has 2 fully saturated rings. The standard InChI is InChI=1S/C13H26N2O3S/c1-2-7-15(11-5-3-10(14)4-6-11)12-8-19(17,18)9-13(12)16/h10-13,16H,2-9,14H2,1H3. The Balaban J connectivity index is 2.07. The molecule has 2 aliphatic rings. The first-order valence-electron chi connectivity index (χ1n) is 7.32. The molecule has 1 saturated carbocycles. The van der Waals surface area contributed by atoms with Crippen LogP contribution >= 0.6 is 0 Å². The number of nitrogens with two attached hydrogens (primary N) is 1. The second-order valence-electron chi connectivity index (χ2n) is 6.02. The molecule has 2 atom stereocenters.